The van der Waals surface area contributed by atoms with E-state index in [1.165, 1.54) is 0 Å². The van der Waals surface area contributed by atoms with Crippen LogP contribution in [0.5, 0.6) is 0 Å². The van der Waals surface area contributed by atoms with Crippen molar-refractivity contribution in [3.05, 3.63) is 21.9 Å². The van der Waals surface area contributed by atoms with Gasteiger partial charge in [-0.15, -0.1) is 11.3 Å². The van der Waals surface area contributed by atoms with Crippen molar-refractivity contribution in [3.63, 3.8) is 0 Å². The molecule has 1 aliphatic heterocycles. The lowest BCUT2D eigenvalue weighted by Crippen LogP contribution is -2.11. The second-order valence-electron chi connectivity index (χ2n) is 6.55. The average Bonchev–Trinajstić information content (AvgIpc) is 3.18. The summed E-state index contributed by atoms with van der Waals surface area (Å²) in [6.45, 7) is 0.242. The lowest BCUT2D eigenvalue weighted by atomic mass is 10.1. The Labute approximate surface area is 173 Å². The number of rotatable bonds is 11. The van der Waals surface area contributed by atoms with Crippen molar-refractivity contribution in [2.45, 2.75) is 64.2 Å². The number of esters is 2. The number of carbonyl (C=O) groups excluding carboxylic acids is 2. The summed E-state index contributed by atoms with van der Waals surface area (Å²) in [5, 5.41) is 16.8. The van der Waals surface area contributed by atoms with Crippen LogP contribution >= 0.6 is 11.3 Å². The van der Waals surface area contributed by atoms with Crippen molar-refractivity contribution >= 4 is 35.2 Å². The number of carboxylic acid groups (broad SMARTS) is 2. The molecular weight excluding hydrogens is 400 g/mol. The molecule has 29 heavy (non-hydrogen) atoms. The van der Waals surface area contributed by atoms with Crippen LogP contribution in [0, 0.1) is 0 Å². The zero-order valence-corrected chi connectivity index (χ0v) is 17.2. The molecule has 0 radical (unpaired) electrons. The number of ether oxygens (including phenoxy) is 2. The summed E-state index contributed by atoms with van der Waals surface area (Å²) in [4.78, 5) is 43.6. The standard InChI is InChI=1S/C12H22O4.C8H6O4S/c13-11(14)9-7-5-3-1-2-4-6-8-10-12(15)16;9-7-5-1-2-6(13-5)8(10)12-4-3-11-7/h1-10H2,(H,13,14)(H,15,16);1-2H,3-4H2. The number of hydrogen-bond acceptors (Lipinski definition) is 7. The Morgan fingerprint density at radius 3 is 1.41 bits per heavy atom. The highest BCUT2D eigenvalue weighted by molar-refractivity contribution is 7.15. The molecular formula is C20H28O8S. The highest BCUT2D eigenvalue weighted by Gasteiger charge is 2.18. The van der Waals surface area contributed by atoms with Crippen LogP contribution < -0.4 is 0 Å². The van der Waals surface area contributed by atoms with E-state index in [0.717, 1.165) is 62.7 Å². The Morgan fingerprint density at radius 1 is 0.724 bits per heavy atom. The smallest absolute Gasteiger partial charge is 0.348 e. The highest BCUT2D eigenvalue weighted by Crippen LogP contribution is 2.19. The number of unbranched alkanes of at least 4 members (excludes halogenated alkanes) is 7. The lowest BCUT2D eigenvalue weighted by molar-refractivity contribution is -0.138. The van der Waals surface area contributed by atoms with Gasteiger partial charge in [0.2, 0.25) is 0 Å². The normalized spacial score (nSPS) is 13.1. The molecule has 8 nitrogen and oxygen atoms in total. The summed E-state index contributed by atoms with van der Waals surface area (Å²) in [6.07, 6.45) is 8.51. The quantitative estimate of drug-likeness (QED) is 0.398. The van der Waals surface area contributed by atoms with Crippen molar-refractivity contribution in [2.24, 2.45) is 0 Å². The molecule has 0 saturated carbocycles. The van der Waals surface area contributed by atoms with Crippen molar-refractivity contribution < 1.29 is 38.9 Å². The molecule has 9 heteroatoms. The first-order valence-electron chi connectivity index (χ1n) is 9.78. The Morgan fingerprint density at radius 2 is 1.07 bits per heavy atom. The van der Waals surface area contributed by atoms with E-state index in [-0.39, 0.29) is 26.1 Å². The number of cyclic esters (lactones) is 2. The fourth-order valence-corrected chi connectivity index (χ4v) is 3.38. The fourth-order valence-electron chi connectivity index (χ4n) is 2.58. The minimum absolute atomic E-state index is 0.121. The maximum atomic E-state index is 11.2. The number of thiophene rings is 1. The third-order valence-corrected chi connectivity index (χ3v) is 5.13. The van der Waals surface area contributed by atoms with E-state index < -0.39 is 23.9 Å². The van der Waals surface area contributed by atoms with Gasteiger partial charge in [-0.2, -0.15) is 0 Å². The minimum Gasteiger partial charge on any atom is -0.481 e. The van der Waals surface area contributed by atoms with E-state index in [0.29, 0.717) is 9.75 Å². The van der Waals surface area contributed by atoms with Gasteiger partial charge in [-0.05, 0) is 25.0 Å². The second-order valence-corrected chi connectivity index (χ2v) is 7.64. The number of fused-ring (bicyclic) bond motifs is 2. The second kappa shape index (κ2) is 14.6. The first-order valence-corrected chi connectivity index (χ1v) is 10.6. The van der Waals surface area contributed by atoms with Crippen molar-refractivity contribution in [2.75, 3.05) is 13.2 Å². The van der Waals surface area contributed by atoms with E-state index in [1.54, 1.807) is 12.1 Å². The van der Waals surface area contributed by atoms with Gasteiger partial charge in [-0.25, -0.2) is 9.59 Å². The van der Waals surface area contributed by atoms with Gasteiger partial charge in [0.15, 0.2) is 0 Å². The molecule has 2 bridgehead atoms. The molecule has 1 aliphatic rings. The zero-order chi connectivity index (χ0) is 21.5. The van der Waals surface area contributed by atoms with E-state index in [4.69, 9.17) is 19.7 Å². The van der Waals surface area contributed by atoms with Crippen LogP contribution in [0.4, 0.5) is 0 Å². The SMILES string of the molecule is O=C(O)CCCCCCCCCCC(=O)O.O=C1OCCOC(=O)c2ccc1s2. The van der Waals surface area contributed by atoms with Gasteiger partial charge >= 0.3 is 23.9 Å². The molecule has 0 unspecified atom stereocenters. The molecule has 162 valence electrons. The Bertz CT molecular complexity index is 613. The molecule has 2 rings (SSSR count). The first-order chi connectivity index (χ1) is 13.9. The van der Waals surface area contributed by atoms with Gasteiger partial charge in [0, 0.05) is 12.8 Å². The monoisotopic (exact) mass is 428 g/mol. The molecule has 0 spiro atoms. The van der Waals surface area contributed by atoms with Gasteiger partial charge in [-0.3, -0.25) is 9.59 Å². The molecule has 0 amide bonds. The number of aliphatic carboxylic acids is 2. The van der Waals surface area contributed by atoms with Crippen molar-refractivity contribution in [1.82, 2.24) is 0 Å². The maximum absolute atomic E-state index is 11.2. The Balaban J connectivity index is 0.000000294. The molecule has 0 aliphatic carbocycles. The van der Waals surface area contributed by atoms with Crippen LogP contribution in [-0.2, 0) is 19.1 Å². The molecule has 0 atom stereocenters. The summed E-state index contributed by atoms with van der Waals surface area (Å²) < 4.78 is 9.61. The van der Waals surface area contributed by atoms with E-state index >= 15 is 0 Å². The van der Waals surface area contributed by atoms with Crippen LogP contribution in [0.25, 0.3) is 0 Å². The molecule has 0 fully saturated rings. The van der Waals surface area contributed by atoms with Gasteiger partial charge in [0.25, 0.3) is 0 Å². The molecule has 1 aromatic heterocycles. The zero-order valence-electron chi connectivity index (χ0n) is 16.4. The molecule has 0 aromatic carbocycles. The minimum atomic E-state index is -0.714. The third kappa shape index (κ3) is 11.9. The van der Waals surface area contributed by atoms with E-state index in [1.807, 2.05) is 0 Å². The van der Waals surface area contributed by atoms with Crippen LogP contribution in [-0.4, -0.2) is 47.3 Å². The van der Waals surface area contributed by atoms with Crippen LogP contribution in [0.1, 0.15) is 83.6 Å². The molecule has 0 saturated heterocycles. The average molecular weight is 429 g/mol. The van der Waals surface area contributed by atoms with Crippen molar-refractivity contribution in [3.8, 4) is 0 Å². The summed E-state index contributed by atoms with van der Waals surface area (Å²) >= 11 is 1.09. The number of carbonyl (C=O) groups is 4. The topological polar surface area (TPSA) is 127 Å². The summed E-state index contributed by atoms with van der Waals surface area (Å²) in [5.41, 5.74) is 0. The number of carboxylic acids is 2. The first kappa shape index (κ1) is 24.6. The van der Waals surface area contributed by atoms with Gasteiger partial charge in [0.05, 0.1) is 0 Å². The van der Waals surface area contributed by atoms with Crippen LogP contribution in [0.15, 0.2) is 12.1 Å². The van der Waals surface area contributed by atoms with E-state index in [9.17, 15) is 19.2 Å². The summed E-state index contributed by atoms with van der Waals surface area (Å²) in [5.74, 6) is -2.22. The number of hydrogen-bond donors (Lipinski definition) is 2. The third-order valence-electron chi connectivity index (χ3n) is 4.09. The Kier molecular flexibility index (Phi) is 12.4. The predicted molar refractivity (Wildman–Crippen MR) is 106 cm³/mol. The van der Waals surface area contributed by atoms with Crippen LogP contribution in [0.2, 0.25) is 0 Å². The lowest BCUT2D eigenvalue weighted by Gasteiger charge is -2.02. The summed E-state index contributed by atoms with van der Waals surface area (Å²) in [7, 11) is 0. The predicted octanol–water partition coefficient (Wildman–Crippen LogP) is 4.13. The molecule has 2 heterocycles. The fraction of sp³-hybridized carbons (Fsp3) is 0.600. The van der Waals surface area contributed by atoms with Crippen molar-refractivity contribution in [1.29, 1.82) is 0 Å². The van der Waals surface area contributed by atoms with Crippen LogP contribution in [0.3, 0.4) is 0 Å². The molecule has 2 N–H and O–H groups in total. The van der Waals surface area contributed by atoms with E-state index in [2.05, 4.69) is 0 Å². The highest BCUT2D eigenvalue weighted by atomic mass is 32.1. The summed E-state index contributed by atoms with van der Waals surface area (Å²) in [6, 6.07) is 3.13. The molecule has 1 aromatic rings. The maximum Gasteiger partial charge on any atom is 0.348 e. The largest absolute Gasteiger partial charge is 0.481 e. The van der Waals surface area contributed by atoms with Gasteiger partial charge in [0.1, 0.15) is 23.0 Å². The Hall–Kier alpha value is -2.42. The van der Waals surface area contributed by atoms with Gasteiger partial charge in [-0.1, -0.05) is 38.5 Å². The van der Waals surface area contributed by atoms with Gasteiger partial charge < -0.3 is 19.7 Å².